The fraction of sp³-hybridized carbons (Fsp3) is 0.0952. The van der Waals surface area contributed by atoms with Crippen molar-refractivity contribution >= 4 is 50.8 Å². The largest absolute Gasteiger partial charge is 0.488 e. The molecular weight excluding hydrogens is 465 g/mol. The van der Waals surface area contributed by atoms with E-state index in [0.29, 0.717) is 28.9 Å². The number of hydrogen-bond donors (Lipinski definition) is 2. The van der Waals surface area contributed by atoms with Crippen LogP contribution in [-0.4, -0.2) is 11.1 Å². The van der Waals surface area contributed by atoms with E-state index in [9.17, 15) is 4.79 Å². The van der Waals surface area contributed by atoms with Gasteiger partial charge in [-0.3, -0.25) is 0 Å². The highest BCUT2D eigenvalue weighted by molar-refractivity contribution is 9.10. The van der Waals surface area contributed by atoms with Gasteiger partial charge in [0.25, 0.3) is 0 Å². The number of carboxylic acid groups (broad SMARTS) is 1. The number of benzene rings is 3. The molecule has 0 aromatic heterocycles. The molecule has 0 aliphatic rings. The van der Waals surface area contributed by atoms with Crippen molar-refractivity contribution in [2.45, 2.75) is 13.2 Å². The number of anilines is 1. The normalized spacial score (nSPS) is 10.5. The highest BCUT2D eigenvalue weighted by Crippen LogP contribution is 2.28. The Labute approximate surface area is 181 Å². The number of carboxylic acids is 1. The van der Waals surface area contributed by atoms with Crippen molar-refractivity contribution in [1.82, 2.24) is 0 Å². The summed E-state index contributed by atoms with van der Waals surface area (Å²) in [6.07, 6.45) is 0. The van der Waals surface area contributed by atoms with Gasteiger partial charge in [-0.25, -0.2) is 4.79 Å². The second-order valence-corrected chi connectivity index (χ2v) is 7.73. The molecule has 0 fully saturated rings. The van der Waals surface area contributed by atoms with Gasteiger partial charge in [0, 0.05) is 11.6 Å². The van der Waals surface area contributed by atoms with Crippen LogP contribution in [0.2, 0.25) is 10.0 Å². The summed E-state index contributed by atoms with van der Waals surface area (Å²) in [7, 11) is 0. The van der Waals surface area contributed by atoms with E-state index in [1.165, 1.54) is 12.1 Å². The highest BCUT2D eigenvalue weighted by atomic mass is 79.9. The Balaban J connectivity index is 1.63. The monoisotopic (exact) mass is 479 g/mol. The smallest absolute Gasteiger partial charge is 0.335 e. The lowest BCUT2D eigenvalue weighted by atomic mass is 10.1. The zero-order valence-electron chi connectivity index (χ0n) is 14.6. The third-order valence-corrected chi connectivity index (χ3v) is 5.20. The molecule has 0 spiro atoms. The van der Waals surface area contributed by atoms with Crippen LogP contribution >= 0.6 is 39.1 Å². The summed E-state index contributed by atoms with van der Waals surface area (Å²) in [6, 6.07) is 17.8. The van der Waals surface area contributed by atoms with Crippen molar-refractivity contribution in [2.24, 2.45) is 0 Å². The van der Waals surface area contributed by atoms with E-state index < -0.39 is 5.97 Å². The van der Waals surface area contributed by atoms with Crippen molar-refractivity contribution in [3.8, 4) is 5.75 Å². The predicted octanol–water partition coefficient (Wildman–Crippen LogP) is 6.65. The van der Waals surface area contributed by atoms with Crippen LogP contribution in [0.4, 0.5) is 5.69 Å². The van der Waals surface area contributed by atoms with Crippen LogP contribution in [0.3, 0.4) is 0 Å². The van der Waals surface area contributed by atoms with Gasteiger partial charge >= 0.3 is 5.97 Å². The van der Waals surface area contributed by atoms with Crippen LogP contribution in [0.5, 0.6) is 5.75 Å². The van der Waals surface area contributed by atoms with Crippen LogP contribution in [0.15, 0.2) is 65.1 Å². The summed E-state index contributed by atoms with van der Waals surface area (Å²) < 4.78 is 6.67. The maximum Gasteiger partial charge on any atom is 0.335 e. The second kappa shape index (κ2) is 9.32. The first-order chi connectivity index (χ1) is 13.4. The number of nitrogens with one attached hydrogen (secondary N) is 1. The molecule has 0 heterocycles. The lowest BCUT2D eigenvalue weighted by Gasteiger charge is -2.12. The number of ether oxygens (including phenoxy) is 1. The molecule has 0 atom stereocenters. The van der Waals surface area contributed by atoms with Gasteiger partial charge in [0.15, 0.2) is 0 Å². The van der Waals surface area contributed by atoms with E-state index in [1.807, 2.05) is 42.5 Å². The van der Waals surface area contributed by atoms with E-state index in [0.717, 1.165) is 21.3 Å². The third-order valence-electron chi connectivity index (χ3n) is 4.00. The van der Waals surface area contributed by atoms with E-state index in [1.54, 1.807) is 6.07 Å². The number of aromatic carboxylic acids is 1. The summed E-state index contributed by atoms with van der Waals surface area (Å²) in [5.41, 5.74) is 2.76. The van der Waals surface area contributed by atoms with E-state index >= 15 is 0 Å². The van der Waals surface area contributed by atoms with Crippen LogP contribution in [0, 0.1) is 0 Å². The van der Waals surface area contributed by atoms with Gasteiger partial charge in [-0.1, -0.05) is 41.4 Å². The maximum atomic E-state index is 11.1. The molecule has 3 rings (SSSR count). The van der Waals surface area contributed by atoms with Crippen molar-refractivity contribution in [1.29, 1.82) is 0 Å². The molecule has 0 bridgehead atoms. The van der Waals surface area contributed by atoms with E-state index in [-0.39, 0.29) is 5.56 Å². The van der Waals surface area contributed by atoms with Crippen molar-refractivity contribution < 1.29 is 14.6 Å². The number of carbonyl (C=O) groups is 1. The molecule has 0 amide bonds. The molecule has 0 saturated heterocycles. The van der Waals surface area contributed by atoms with Crippen LogP contribution in [0.25, 0.3) is 0 Å². The van der Waals surface area contributed by atoms with Gasteiger partial charge in [-0.05, 0) is 69.5 Å². The van der Waals surface area contributed by atoms with Gasteiger partial charge in [0.2, 0.25) is 0 Å². The molecule has 7 heteroatoms. The lowest BCUT2D eigenvalue weighted by molar-refractivity contribution is 0.0697. The average Bonchev–Trinajstić information content (AvgIpc) is 2.67. The fourth-order valence-corrected chi connectivity index (χ4v) is 3.36. The quantitative estimate of drug-likeness (QED) is 0.397. The van der Waals surface area contributed by atoms with Crippen LogP contribution in [-0.2, 0) is 13.2 Å². The molecule has 3 aromatic rings. The molecule has 28 heavy (non-hydrogen) atoms. The number of hydrogen-bond acceptors (Lipinski definition) is 3. The topological polar surface area (TPSA) is 58.6 Å². The van der Waals surface area contributed by atoms with Gasteiger partial charge in [0.1, 0.15) is 12.4 Å². The molecule has 0 aliphatic heterocycles. The molecule has 0 radical (unpaired) electrons. The molecule has 144 valence electrons. The molecule has 2 N–H and O–H groups in total. The molecule has 0 saturated carbocycles. The molecular formula is C21H16BrCl2NO3. The fourth-order valence-electron chi connectivity index (χ4n) is 2.50. The minimum Gasteiger partial charge on any atom is -0.488 e. The van der Waals surface area contributed by atoms with Crippen LogP contribution < -0.4 is 10.1 Å². The first kappa shape index (κ1) is 20.5. The first-order valence-electron chi connectivity index (χ1n) is 8.35. The SMILES string of the molecule is O=C(O)c1ccc(Cl)c(NCc2ccc(OCc3ccc(Cl)cc3)c(Br)c2)c1. The lowest BCUT2D eigenvalue weighted by Crippen LogP contribution is -2.03. The molecule has 3 aromatic carbocycles. The van der Waals surface area contributed by atoms with Crippen LogP contribution in [0.1, 0.15) is 21.5 Å². The maximum absolute atomic E-state index is 11.1. The molecule has 4 nitrogen and oxygen atoms in total. The zero-order valence-corrected chi connectivity index (χ0v) is 17.7. The van der Waals surface area contributed by atoms with E-state index in [2.05, 4.69) is 21.2 Å². The predicted molar refractivity (Wildman–Crippen MR) is 116 cm³/mol. The Morgan fingerprint density at radius 1 is 1.00 bits per heavy atom. The first-order valence-corrected chi connectivity index (χ1v) is 9.89. The zero-order chi connectivity index (χ0) is 20.1. The Kier molecular flexibility index (Phi) is 6.83. The van der Waals surface area contributed by atoms with Gasteiger partial charge in [-0.15, -0.1) is 0 Å². The molecule has 0 unspecified atom stereocenters. The Morgan fingerprint density at radius 3 is 2.39 bits per heavy atom. The average molecular weight is 481 g/mol. The van der Waals surface area contributed by atoms with Gasteiger partial charge in [-0.2, -0.15) is 0 Å². The summed E-state index contributed by atoms with van der Waals surface area (Å²) in [4.78, 5) is 11.1. The number of halogens is 3. The Hall–Kier alpha value is -2.21. The number of rotatable bonds is 7. The van der Waals surface area contributed by atoms with Gasteiger partial charge in [0.05, 0.1) is 20.7 Å². The highest BCUT2D eigenvalue weighted by Gasteiger charge is 2.08. The minimum absolute atomic E-state index is 0.180. The summed E-state index contributed by atoms with van der Waals surface area (Å²) in [5, 5.41) is 13.4. The Morgan fingerprint density at radius 2 is 1.71 bits per heavy atom. The third kappa shape index (κ3) is 5.41. The summed E-state index contributed by atoms with van der Waals surface area (Å²) >= 11 is 15.6. The van der Waals surface area contributed by atoms with Crippen molar-refractivity contribution in [3.63, 3.8) is 0 Å². The summed E-state index contributed by atoms with van der Waals surface area (Å²) in [5.74, 6) is -0.269. The van der Waals surface area contributed by atoms with Crippen molar-refractivity contribution in [2.75, 3.05) is 5.32 Å². The van der Waals surface area contributed by atoms with E-state index in [4.69, 9.17) is 33.0 Å². The van der Waals surface area contributed by atoms with Crippen molar-refractivity contribution in [3.05, 3.63) is 91.9 Å². The Bertz CT molecular complexity index is 993. The minimum atomic E-state index is -0.996. The van der Waals surface area contributed by atoms with Gasteiger partial charge < -0.3 is 15.2 Å². The molecule has 0 aliphatic carbocycles. The second-order valence-electron chi connectivity index (χ2n) is 6.03. The summed E-state index contributed by atoms with van der Waals surface area (Å²) in [6.45, 7) is 0.920. The standard InChI is InChI=1S/C21H16BrCl2NO3/c22-17-9-14(11-25-19-10-15(21(26)27)4-7-18(19)24)3-8-20(17)28-12-13-1-5-16(23)6-2-13/h1-10,25H,11-12H2,(H,26,27).